The Kier molecular flexibility index (Phi) is 6.44. The van der Waals surface area contributed by atoms with Gasteiger partial charge < -0.3 is 14.2 Å². The van der Waals surface area contributed by atoms with Crippen molar-refractivity contribution in [1.29, 1.82) is 0 Å². The summed E-state index contributed by atoms with van der Waals surface area (Å²) in [5.41, 5.74) is 1.01. The number of hydrogen-bond acceptors (Lipinski definition) is 7. The van der Waals surface area contributed by atoms with Crippen LogP contribution in [0.25, 0.3) is 10.7 Å². The van der Waals surface area contributed by atoms with Crippen molar-refractivity contribution in [2.75, 3.05) is 27.2 Å². The number of benzene rings is 1. The summed E-state index contributed by atoms with van der Waals surface area (Å²) in [5, 5.41) is 6.07. The molecule has 0 radical (unpaired) electrons. The average Bonchev–Trinajstić information content (AvgIpc) is 3.46. The molecule has 2 aromatic heterocycles. The highest BCUT2D eigenvalue weighted by Crippen LogP contribution is 2.25. The van der Waals surface area contributed by atoms with Gasteiger partial charge in [-0.3, -0.25) is 9.69 Å². The van der Waals surface area contributed by atoms with Crippen LogP contribution in [0.1, 0.15) is 24.3 Å². The van der Waals surface area contributed by atoms with Crippen molar-refractivity contribution in [3.63, 3.8) is 0 Å². The summed E-state index contributed by atoms with van der Waals surface area (Å²) in [6.45, 7) is 2.73. The van der Waals surface area contributed by atoms with Gasteiger partial charge in [-0.1, -0.05) is 29.4 Å². The fourth-order valence-electron chi connectivity index (χ4n) is 3.90. The Morgan fingerprint density at radius 3 is 3.00 bits per heavy atom. The minimum absolute atomic E-state index is 0.0295. The highest BCUT2D eigenvalue weighted by atomic mass is 32.1. The van der Waals surface area contributed by atoms with Crippen LogP contribution in [0, 0.1) is 5.92 Å². The molecule has 1 aliphatic rings. The molecule has 3 heterocycles. The molecule has 30 heavy (non-hydrogen) atoms. The zero-order valence-electron chi connectivity index (χ0n) is 17.3. The smallest absolute Gasteiger partial charge is 0.241 e. The Labute approximate surface area is 180 Å². The first-order valence-electron chi connectivity index (χ1n) is 10.1. The molecular formula is C22H26N4O3S. The molecule has 1 aromatic carbocycles. The number of aromatic nitrogens is 2. The van der Waals surface area contributed by atoms with Gasteiger partial charge in [0.25, 0.3) is 0 Å². The Morgan fingerprint density at radius 1 is 1.33 bits per heavy atom. The molecule has 1 saturated heterocycles. The molecule has 158 valence electrons. The Bertz CT molecular complexity index is 972. The van der Waals surface area contributed by atoms with E-state index >= 15 is 0 Å². The number of likely N-dealkylation sites (tertiary alicyclic amines) is 1. The first-order chi connectivity index (χ1) is 14.6. The van der Waals surface area contributed by atoms with Crippen LogP contribution in [0.5, 0.6) is 5.75 Å². The van der Waals surface area contributed by atoms with Crippen LogP contribution in [0.15, 0.2) is 46.3 Å². The summed E-state index contributed by atoms with van der Waals surface area (Å²) in [6, 6.07) is 11.8. The van der Waals surface area contributed by atoms with Crippen LogP contribution >= 0.6 is 11.3 Å². The number of carbonyl (C=O) groups is 1. The fourth-order valence-corrected chi connectivity index (χ4v) is 4.54. The molecule has 0 N–H and O–H groups in total. The number of hydrogen-bond donors (Lipinski definition) is 0. The molecular weight excluding hydrogens is 400 g/mol. The number of amides is 1. The quantitative estimate of drug-likeness (QED) is 0.574. The second-order valence-corrected chi connectivity index (χ2v) is 8.52. The van der Waals surface area contributed by atoms with Gasteiger partial charge in [0.15, 0.2) is 0 Å². The van der Waals surface area contributed by atoms with E-state index < -0.39 is 0 Å². The fraction of sp³-hybridized carbons (Fsp3) is 0.409. The molecule has 0 spiro atoms. The van der Waals surface area contributed by atoms with E-state index in [9.17, 15) is 4.79 Å². The van der Waals surface area contributed by atoms with Crippen molar-refractivity contribution in [1.82, 2.24) is 19.9 Å². The Morgan fingerprint density at radius 2 is 2.20 bits per heavy atom. The molecule has 8 heteroatoms. The third-order valence-electron chi connectivity index (χ3n) is 5.40. The van der Waals surface area contributed by atoms with Gasteiger partial charge in [0.2, 0.25) is 17.6 Å². The first-order valence-corrected chi connectivity index (χ1v) is 11.0. The lowest BCUT2D eigenvalue weighted by Gasteiger charge is -2.33. The zero-order valence-corrected chi connectivity index (χ0v) is 18.1. The minimum Gasteiger partial charge on any atom is -0.496 e. The maximum atomic E-state index is 13.1. The summed E-state index contributed by atoms with van der Waals surface area (Å²) in [4.78, 5) is 22.6. The lowest BCUT2D eigenvalue weighted by atomic mass is 9.96. The maximum Gasteiger partial charge on any atom is 0.241 e. The van der Waals surface area contributed by atoms with E-state index in [1.54, 1.807) is 23.3 Å². The van der Waals surface area contributed by atoms with Crippen LogP contribution in [0.4, 0.5) is 0 Å². The van der Waals surface area contributed by atoms with Crippen LogP contribution in [-0.4, -0.2) is 53.1 Å². The highest BCUT2D eigenvalue weighted by molar-refractivity contribution is 7.13. The monoisotopic (exact) mass is 426 g/mol. The van der Waals surface area contributed by atoms with E-state index in [-0.39, 0.29) is 11.8 Å². The van der Waals surface area contributed by atoms with Crippen molar-refractivity contribution in [3.05, 3.63) is 53.2 Å². The van der Waals surface area contributed by atoms with Crippen molar-refractivity contribution < 1.29 is 14.1 Å². The molecule has 1 atom stereocenters. The van der Waals surface area contributed by atoms with Gasteiger partial charge in [-0.15, -0.1) is 11.3 Å². The summed E-state index contributed by atoms with van der Waals surface area (Å²) < 4.78 is 10.8. The van der Waals surface area contributed by atoms with Crippen LogP contribution in [0.3, 0.4) is 0 Å². The number of methoxy groups -OCH3 is 1. The molecule has 0 bridgehead atoms. The number of nitrogens with zero attached hydrogens (tertiary/aromatic N) is 4. The molecule has 1 aliphatic heterocycles. The predicted molar refractivity (Wildman–Crippen MR) is 115 cm³/mol. The summed E-state index contributed by atoms with van der Waals surface area (Å²) in [5.74, 6) is 2.16. The normalized spacial score (nSPS) is 17.1. The second-order valence-electron chi connectivity index (χ2n) is 7.57. The van der Waals surface area contributed by atoms with Gasteiger partial charge in [-0.05, 0) is 36.9 Å². The number of carbonyl (C=O) groups excluding carboxylic acids is 1. The standard InChI is InChI=1S/C22H26N4O3S/c1-25(13-16-7-3-4-9-18(16)28-2)22(27)17-8-5-11-26(14-17)15-20-23-21(24-29-20)19-10-6-12-30-19/h3-4,6-7,9-10,12,17H,5,8,11,13-15H2,1-2H3. The van der Waals surface area contributed by atoms with Crippen molar-refractivity contribution >= 4 is 17.2 Å². The van der Waals surface area contributed by atoms with E-state index in [1.807, 2.05) is 48.8 Å². The SMILES string of the molecule is COc1ccccc1CN(C)C(=O)C1CCCN(Cc2nc(-c3cccs3)no2)C1. The minimum atomic E-state index is -0.0295. The topological polar surface area (TPSA) is 71.7 Å². The number of piperidine rings is 1. The molecule has 1 amide bonds. The first kappa shape index (κ1) is 20.6. The largest absolute Gasteiger partial charge is 0.496 e. The lowest BCUT2D eigenvalue weighted by Crippen LogP contribution is -2.43. The van der Waals surface area contributed by atoms with Crippen molar-refractivity contribution in [2.24, 2.45) is 5.92 Å². The van der Waals surface area contributed by atoms with Crippen LogP contribution in [-0.2, 0) is 17.9 Å². The number of para-hydroxylation sites is 1. The van der Waals surface area contributed by atoms with Gasteiger partial charge >= 0.3 is 0 Å². The van der Waals surface area contributed by atoms with Crippen LogP contribution < -0.4 is 4.74 Å². The Hall–Kier alpha value is -2.71. The number of ether oxygens (including phenoxy) is 1. The summed E-state index contributed by atoms with van der Waals surface area (Å²) in [7, 11) is 3.51. The van der Waals surface area contributed by atoms with E-state index in [0.29, 0.717) is 31.3 Å². The van der Waals surface area contributed by atoms with E-state index in [2.05, 4.69) is 15.0 Å². The summed E-state index contributed by atoms with van der Waals surface area (Å²) >= 11 is 1.59. The van der Waals surface area contributed by atoms with E-state index in [4.69, 9.17) is 9.26 Å². The predicted octanol–water partition coefficient (Wildman–Crippen LogP) is 3.68. The number of rotatable bonds is 7. The van der Waals surface area contributed by atoms with Gasteiger partial charge in [0.05, 0.1) is 24.4 Å². The van der Waals surface area contributed by atoms with Crippen LogP contribution in [0.2, 0.25) is 0 Å². The molecule has 3 aromatic rings. The van der Waals surface area contributed by atoms with E-state index in [0.717, 1.165) is 35.6 Å². The highest BCUT2D eigenvalue weighted by Gasteiger charge is 2.29. The zero-order chi connectivity index (χ0) is 20.9. The second kappa shape index (κ2) is 9.40. The maximum absolute atomic E-state index is 13.1. The molecule has 1 unspecified atom stereocenters. The van der Waals surface area contributed by atoms with Gasteiger partial charge in [-0.2, -0.15) is 4.98 Å². The van der Waals surface area contributed by atoms with Gasteiger partial charge in [-0.25, -0.2) is 0 Å². The average molecular weight is 427 g/mol. The summed E-state index contributed by atoms with van der Waals surface area (Å²) in [6.07, 6.45) is 1.88. The molecule has 0 aliphatic carbocycles. The van der Waals surface area contributed by atoms with Gasteiger partial charge in [0.1, 0.15) is 5.75 Å². The Balaban J connectivity index is 1.35. The molecule has 0 saturated carbocycles. The third kappa shape index (κ3) is 4.71. The van der Waals surface area contributed by atoms with Crippen molar-refractivity contribution in [2.45, 2.75) is 25.9 Å². The lowest BCUT2D eigenvalue weighted by molar-refractivity contribution is -0.136. The van der Waals surface area contributed by atoms with E-state index in [1.165, 1.54) is 0 Å². The molecule has 7 nitrogen and oxygen atoms in total. The molecule has 4 rings (SSSR count). The van der Waals surface area contributed by atoms with Crippen molar-refractivity contribution in [3.8, 4) is 16.5 Å². The molecule has 1 fully saturated rings. The third-order valence-corrected chi connectivity index (χ3v) is 6.27. The van der Waals surface area contributed by atoms with Gasteiger partial charge in [0, 0.05) is 25.7 Å². The number of thiophene rings is 1.